The maximum absolute atomic E-state index is 11.0. The molecule has 0 aromatic carbocycles. The van der Waals surface area contributed by atoms with Gasteiger partial charge in [0.25, 0.3) is 0 Å². The van der Waals surface area contributed by atoms with E-state index in [-0.39, 0.29) is 4.88 Å². The van der Waals surface area contributed by atoms with Gasteiger partial charge in [-0.25, -0.2) is 4.79 Å². The molecule has 1 aliphatic rings. The lowest BCUT2D eigenvalue weighted by Gasteiger charge is -2.34. The second kappa shape index (κ2) is 4.84. The van der Waals surface area contributed by atoms with Gasteiger partial charge in [0, 0.05) is 31.1 Å². The number of halogens is 1. The van der Waals surface area contributed by atoms with E-state index in [0.29, 0.717) is 5.02 Å². The molecule has 1 aromatic rings. The van der Waals surface area contributed by atoms with Crippen LogP contribution < -0.4 is 4.90 Å². The minimum absolute atomic E-state index is 0.248. The van der Waals surface area contributed by atoms with Crippen LogP contribution in [0.3, 0.4) is 0 Å². The number of carboxylic acid groups (broad SMARTS) is 1. The summed E-state index contributed by atoms with van der Waals surface area (Å²) in [6.45, 7) is 5.68. The Bertz CT molecular complexity index is 439. The van der Waals surface area contributed by atoms with Crippen LogP contribution in [0.5, 0.6) is 0 Å². The van der Waals surface area contributed by atoms with Gasteiger partial charge in [0.2, 0.25) is 0 Å². The summed E-state index contributed by atoms with van der Waals surface area (Å²) < 4.78 is 0. The Labute approximate surface area is 109 Å². The summed E-state index contributed by atoms with van der Waals surface area (Å²) in [6.07, 6.45) is 0. The number of aromatic carboxylic acids is 1. The third-order valence-electron chi connectivity index (χ3n) is 3.01. The molecule has 0 amide bonds. The Balaban J connectivity index is 2.29. The average molecular weight is 275 g/mol. The van der Waals surface area contributed by atoms with E-state index in [1.165, 1.54) is 11.3 Å². The first kappa shape index (κ1) is 12.7. The maximum Gasteiger partial charge on any atom is 0.347 e. The van der Waals surface area contributed by atoms with Gasteiger partial charge >= 0.3 is 5.97 Å². The van der Waals surface area contributed by atoms with Gasteiger partial charge in [-0.15, -0.1) is 11.3 Å². The largest absolute Gasteiger partial charge is 0.477 e. The Kier molecular flexibility index (Phi) is 3.61. The van der Waals surface area contributed by atoms with Gasteiger partial charge in [-0.1, -0.05) is 11.6 Å². The number of hydrogen-bond acceptors (Lipinski definition) is 4. The zero-order chi connectivity index (χ0) is 12.6. The topological polar surface area (TPSA) is 43.8 Å². The van der Waals surface area contributed by atoms with Crippen LogP contribution in [0.4, 0.5) is 5.69 Å². The summed E-state index contributed by atoms with van der Waals surface area (Å²) >= 11 is 7.43. The monoisotopic (exact) mass is 274 g/mol. The number of rotatable bonds is 2. The van der Waals surface area contributed by atoms with E-state index in [0.717, 1.165) is 36.7 Å². The standard InChI is InChI=1S/C11H15ClN2O2S/c1-7-9(8(12)10(17-7)11(15)16)14-5-3-13(2)4-6-14/h3-6H2,1-2H3,(H,15,16). The molecule has 0 bridgehead atoms. The summed E-state index contributed by atoms with van der Waals surface area (Å²) in [4.78, 5) is 16.7. The van der Waals surface area contributed by atoms with Crippen molar-refractivity contribution in [1.82, 2.24) is 4.90 Å². The van der Waals surface area contributed by atoms with Crippen LogP contribution in [0.15, 0.2) is 0 Å². The summed E-state index contributed by atoms with van der Waals surface area (Å²) in [7, 11) is 2.09. The summed E-state index contributed by atoms with van der Waals surface area (Å²) in [5, 5.41) is 9.44. The van der Waals surface area contributed by atoms with E-state index in [9.17, 15) is 4.79 Å². The number of likely N-dealkylation sites (N-methyl/N-ethyl adjacent to an activating group) is 1. The third kappa shape index (κ3) is 2.41. The molecular formula is C11H15ClN2O2S. The molecule has 17 heavy (non-hydrogen) atoms. The molecule has 0 aliphatic carbocycles. The Hall–Kier alpha value is -0.780. The van der Waals surface area contributed by atoms with Gasteiger partial charge in [0.1, 0.15) is 4.88 Å². The molecule has 94 valence electrons. The lowest BCUT2D eigenvalue weighted by atomic mass is 10.2. The van der Waals surface area contributed by atoms with Crippen molar-refractivity contribution in [1.29, 1.82) is 0 Å². The molecule has 0 unspecified atom stereocenters. The highest BCUT2D eigenvalue weighted by atomic mass is 35.5. The van der Waals surface area contributed by atoms with Crippen LogP contribution >= 0.6 is 22.9 Å². The molecule has 6 heteroatoms. The average Bonchev–Trinajstić information content (AvgIpc) is 2.56. The zero-order valence-corrected chi connectivity index (χ0v) is 11.4. The summed E-state index contributed by atoms with van der Waals surface area (Å²) in [5.41, 5.74) is 0.905. The normalized spacial score (nSPS) is 17.5. The highest BCUT2D eigenvalue weighted by Crippen LogP contribution is 2.39. The van der Waals surface area contributed by atoms with E-state index in [2.05, 4.69) is 16.8 Å². The van der Waals surface area contributed by atoms with E-state index >= 15 is 0 Å². The van der Waals surface area contributed by atoms with Crippen molar-refractivity contribution < 1.29 is 9.90 Å². The predicted octanol–water partition coefficient (Wildman–Crippen LogP) is 2.16. The van der Waals surface area contributed by atoms with E-state index in [1.54, 1.807) is 0 Å². The van der Waals surface area contributed by atoms with E-state index < -0.39 is 5.97 Å². The quantitative estimate of drug-likeness (QED) is 0.898. The molecule has 2 rings (SSSR count). The van der Waals surface area contributed by atoms with Crippen LogP contribution in [-0.4, -0.2) is 49.2 Å². The van der Waals surface area contributed by atoms with Crippen molar-refractivity contribution in [3.8, 4) is 0 Å². The number of carboxylic acids is 1. The summed E-state index contributed by atoms with van der Waals surface area (Å²) in [6, 6.07) is 0. The third-order valence-corrected chi connectivity index (χ3v) is 4.57. The lowest BCUT2D eigenvalue weighted by Crippen LogP contribution is -2.44. The molecular weight excluding hydrogens is 260 g/mol. The molecule has 0 saturated carbocycles. The molecule has 2 heterocycles. The van der Waals surface area contributed by atoms with Crippen LogP contribution in [0.1, 0.15) is 14.5 Å². The lowest BCUT2D eigenvalue weighted by molar-refractivity contribution is 0.0702. The van der Waals surface area contributed by atoms with Gasteiger partial charge in [0.05, 0.1) is 10.7 Å². The van der Waals surface area contributed by atoms with E-state index in [4.69, 9.17) is 16.7 Å². The number of aryl methyl sites for hydroxylation is 1. The van der Waals surface area contributed by atoms with Crippen molar-refractivity contribution in [2.45, 2.75) is 6.92 Å². The van der Waals surface area contributed by atoms with Gasteiger partial charge in [-0.3, -0.25) is 0 Å². The van der Waals surface area contributed by atoms with Gasteiger partial charge in [-0.05, 0) is 14.0 Å². The Morgan fingerprint density at radius 2 is 1.94 bits per heavy atom. The highest BCUT2D eigenvalue weighted by Gasteiger charge is 2.25. The maximum atomic E-state index is 11.0. The Morgan fingerprint density at radius 3 is 2.41 bits per heavy atom. The van der Waals surface area contributed by atoms with Crippen LogP contribution in [0, 0.1) is 6.92 Å². The van der Waals surface area contributed by atoms with Crippen molar-refractivity contribution >= 4 is 34.6 Å². The molecule has 1 N–H and O–H groups in total. The zero-order valence-electron chi connectivity index (χ0n) is 9.86. The second-order valence-corrected chi connectivity index (χ2v) is 5.85. The second-order valence-electron chi connectivity index (χ2n) is 4.25. The van der Waals surface area contributed by atoms with Gasteiger partial charge in [0.15, 0.2) is 0 Å². The fourth-order valence-corrected chi connectivity index (χ4v) is 3.46. The SMILES string of the molecule is Cc1sc(C(=O)O)c(Cl)c1N1CCN(C)CC1. The first-order chi connectivity index (χ1) is 8.00. The number of nitrogens with zero attached hydrogens (tertiary/aromatic N) is 2. The van der Waals surface area contributed by atoms with Crippen molar-refractivity contribution in [2.24, 2.45) is 0 Å². The molecule has 1 aromatic heterocycles. The van der Waals surface area contributed by atoms with Crippen molar-refractivity contribution in [2.75, 3.05) is 38.1 Å². The first-order valence-electron chi connectivity index (χ1n) is 5.46. The molecule has 0 spiro atoms. The van der Waals surface area contributed by atoms with Gasteiger partial charge in [-0.2, -0.15) is 0 Å². The minimum Gasteiger partial charge on any atom is -0.477 e. The number of carbonyl (C=O) groups is 1. The molecule has 4 nitrogen and oxygen atoms in total. The van der Waals surface area contributed by atoms with Crippen LogP contribution in [0.25, 0.3) is 0 Å². The molecule has 0 atom stereocenters. The Morgan fingerprint density at radius 1 is 1.35 bits per heavy atom. The molecule has 0 radical (unpaired) electrons. The molecule has 1 fully saturated rings. The predicted molar refractivity (Wildman–Crippen MR) is 70.7 cm³/mol. The number of thiophene rings is 1. The highest BCUT2D eigenvalue weighted by molar-refractivity contribution is 7.15. The number of hydrogen-bond donors (Lipinski definition) is 1. The van der Waals surface area contributed by atoms with Crippen molar-refractivity contribution in [3.05, 3.63) is 14.8 Å². The number of anilines is 1. The first-order valence-corrected chi connectivity index (χ1v) is 6.66. The summed E-state index contributed by atoms with van der Waals surface area (Å²) in [5.74, 6) is -0.941. The smallest absolute Gasteiger partial charge is 0.347 e. The molecule has 1 saturated heterocycles. The minimum atomic E-state index is -0.941. The van der Waals surface area contributed by atoms with E-state index in [1.807, 2.05) is 6.92 Å². The van der Waals surface area contributed by atoms with Crippen LogP contribution in [0.2, 0.25) is 5.02 Å². The number of piperazine rings is 1. The van der Waals surface area contributed by atoms with Crippen LogP contribution in [-0.2, 0) is 0 Å². The fraction of sp³-hybridized carbons (Fsp3) is 0.545. The fourth-order valence-electron chi connectivity index (χ4n) is 2.04. The molecule has 1 aliphatic heterocycles. The van der Waals surface area contributed by atoms with Gasteiger partial charge < -0.3 is 14.9 Å². The van der Waals surface area contributed by atoms with Crippen molar-refractivity contribution in [3.63, 3.8) is 0 Å².